The van der Waals surface area contributed by atoms with Crippen molar-refractivity contribution in [1.82, 2.24) is 5.32 Å². The van der Waals surface area contributed by atoms with E-state index in [9.17, 15) is 0 Å². The van der Waals surface area contributed by atoms with E-state index in [0.717, 1.165) is 26.2 Å². The molecule has 1 aliphatic rings. The highest BCUT2D eigenvalue weighted by Gasteiger charge is 2.15. The van der Waals surface area contributed by atoms with Crippen molar-refractivity contribution in [2.75, 3.05) is 19.8 Å². The van der Waals surface area contributed by atoms with Crippen LogP contribution in [0.2, 0.25) is 0 Å². The van der Waals surface area contributed by atoms with Gasteiger partial charge in [-0.05, 0) is 48.9 Å². The number of fused-ring (bicyclic) bond motifs is 1. The molecule has 2 heteroatoms. The maximum absolute atomic E-state index is 5.71. The van der Waals surface area contributed by atoms with Gasteiger partial charge in [-0.2, -0.15) is 0 Å². The molecule has 0 radical (unpaired) electrons. The number of benzene rings is 1. The lowest BCUT2D eigenvalue weighted by Gasteiger charge is -2.19. The van der Waals surface area contributed by atoms with Gasteiger partial charge in [0.1, 0.15) is 0 Å². The zero-order valence-corrected chi connectivity index (χ0v) is 11.7. The highest BCUT2D eigenvalue weighted by atomic mass is 16.5. The van der Waals surface area contributed by atoms with Gasteiger partial charge in [-0.1, -0.05) is 32.0 Å². The van der Waals surface area contributed by atoms with E-state index >= 15 is 0 Å². The van der Waals surface area contributed by atoms with Crippen molar-refractivity contribution in [2.24, 2.45) is 0 Å². The van der Waals surface area contributed by atoms with Gasteiger partial charge in [-0.3, -0.25) is 0 Å². The first-order valence-corrected chi connectivity index (χ1v) is 7.28. The Morgan fingerprint density at radius 2 is 2.06 bits per heavy atom. The highest BCUT2D eigenvalue weighted by molar-refractivity contribution is 5.36. The summed E-state index contributed by atoms with van der Waals surface area (Å²) in [5.74, 6) is 0. The average Bonchev–Trinajstić information content (AvgIpc) is 2.85. The Balaban J connectivity index is 2.04. The summed E-state index contributed by atoms with van der Waals surface area (Å²) in [5.41, 5.74) is 4.47. The number of aryl methyl sites for hydroxylation is 2. The molecule has 0 aliphatic heterocycles. The van der Waals surface area contributed by atoms with Gasteiger partial charge in [0, 0.05) is 6.61 Å². The fourth-order valence-electron chi connectivity index (χ4n) is 2.67. The SMILES string of the molecule is CCCOCC(NCC)c1ccc2c(c1)CCC2. The molecule has 1 aliphatic carbocycles. The van der Waals surface area contributed by atoms with Gasteiger partial charge in [-0.15, -0.1) is 0 Å². The molecule has 0 saturated heterocycles. The van der Waals surface area contributed by atoms with Crippen molar-refractivity contribution in [3.63, 3.8) is 0 Å². The Kier molecular flexibility index (Phi) is 5.21. The van der Waals surface area contributed by atoms with Crippen LogP contribution in [-0.4, -0.2) is 19.8 Å². The Labute approximate surface area is 111 Å². The molecule has 2 rings (SSSR count). The Bertz CT molecular complexity index is 375. The minimum atomic E-state index is 0.340. The van der Waals surface area contributed by atoms with E-state index < -0.39 is 0 Å². The summed E-state index contributed by atoms with van der Waals surface area (Å²) >= 11 is 0. The molecule has 0 bridgehead atoms. The zero-order valence-electron chi connectivity index (χ0n) is 11.7. The van der Waals surface area contributed by atoms with Gasteiger partial charge in [0.15, 0.2) is 0 Å². The number of likely N-dealkylation sites (N-methyl/N-ethyl adjacent to an activating group) is 1. The van der Waals surface area contributed by atoms with Crippen molar-refractivity contribution in [3.05, 3.63) is 34.9 Å². The van der Waals surface area contributed by atoms with Gasteiger partial charge in [0.05, 0.1) is 12.6 Å². The lowest BCUT2D eigenvalue weighted by molar-refractivity contribution is 0.112. The zero-order chi connectivity index (χ0) is 12.8. The lowest BCUT2D eigenvalue weighted by Crippen LogP contribution is -2.25. The van der Waals surface area contributed by atoms with Crippen LogP contribution in [0.15, 0.2) is 18.2 Å². The monoisotopic (exact) mass is 247 g/mol. The first kappa shape index (κ1) is 13.6. The molecule has 0 aromatic heterocycles. The highest BCUT2D eigenvalue weighted by Crippen LogP contribution is 2.25. The third kappa shape index (κ3) is 3.33. The van der Waals surface area contributed by atoms with Crippen LogP contribution >= 0.6 is 0 Å². The second kappa shape index (κ2) is 6.91. The number of ether oxygens (including phenoxy) is 1. The maximum atomic E-state index is 5.71. The normalized spacial score (nSPS) is 15.7. The van der Waals surface area contributed by atoms with E-state index in [1.807, 2.05) is 0 Å². The molecule has 0 saturated carbocycles. The minimum absolute atomic E-state index is 0.340. The summed E-state index contributed by atoms with van der Waals surface area (Å²) in [4.78, 5) is 0. The fraction of sp³-hybridized carbons (Fsp3) is 0.625. The largest absolute Gasteiger partial charge is 0.379 e. The van der Waals surface area contributed by atoms with Crippen LogP contribution in [0.4, 0.5) is 0 Å². The van der Waals surface area contributed by atoms with Crippen LogP contribution in [0.25, 0.3) is 0 Å². The Hall–Kier alpha value is -0.860. The summed E-state index contributed by atoms with van der Waals surface area (Å²) in [6.07, 6.45) is 4.91. The molecule has 1 aromatic carbocycles. The molecule has 100 valence electrons. The van der Waals surface area contributed by atoms with Crippen LogP contribution in [0.3, 0.4) is 0 Å². The van der Waals surface area contributed by atoms with E-state index in [1.165, 1.54) is 24.8 Å². The van der Waals surface area contributed by atoms with E-state index in [2.05, 4.69) is 37.4 Å². The molecular weight excluding hydrogens is 222 g/mol. The molecular formula is C16H25NO. The number of rotatable bonds is 7. The van der Waals surface area contributed by atoms with Crippen LogP contribution in [0.5, 0.6) is 0 Å². The topological polar surface area (TPSA) is 21.3 Å². The number of nitrogens with one attached hydrogen (secondary N) is 1. The molecule has 1 N–H and O–H groups in total. The number of hydrogen-bond donors (Lipinski definition) is 1. The van der Waals surface area contributed by atoms with Gasteiger partial charge in [-0.25, -0.2) is 0 Å². The fourth-order valence-corrected chi connectivity index (χ4v) is 2.67. The lowest BCUT2D eigenvalue weighted by atomic mass is 10.0. The summed E-state index contributed by atoms with van der Waals surface area (Å²) in [6.45, 7) is 6.92. The van der Waals surface area contributed by atoms with Crippen LogP contribution in [0, 0.1) is 0 Å². The molecule has 18 heavy (non-hydrogen) atoms. The van der Waals surface area contributed by atoms with Crippen LogP contribution < -0.4 is 5.32 Å². The smallest absolute Gasteiger partial charge is 0.0661 e. The van der Waals surface area contributed by atoms with Crippen molar-refractivity contribution < 1.29 is 4.74 Å². The predicted octanol–water partition coefficient (Wildman–Crippen LogP) is 3.25. The van der Waals surface area contributed by atoms with E-state index in [-0.39, 0.29) is 0 Å². The molecule has 0 fully saturated rings. The van der Waals surface area contributed by atoms with Gasteiger partial charge < -0.3 is 10.1 Å². The van der Waals surface area contributed by atoms with Gasteiger partial charge >= 0.3 is 0 Å². The van der Waals surface area contributed by atoms with E-state index in [1.54, 1.807) is 11.1 Å². The van der Waals surface area contributed by atoms with Crippen molar-refractivity contribution >= 4 is 0 Å². The van der Waals surface area contributed by atoms with E-state index in [0.29, 0.717) is 6.04 Å². The second-order valence-electron chi connectivity index (χ2n) is 5.07. The predicted molar refractivity (Wildman–Crippen MR) is 76.0 cm³/mol. The quantitative estimate of drug-likeness (QED) is 0.747. The first-order chi connectivity index (χ1) is 8.85. The molecule has 1 atom stereocenters. The summed E-state index contributed by atoms with van der Waals surface area (Å²) in [7, 11) is 0. The number of hydrogen-bond acceptors (Lipinski definition) is 2. The second-order valence-corrected chi connectivity index (χ2v) is 5.07. The Morgan fingerprint density at radius 1 is 1.22 bits per heavy atom. The Morgan fingerprint density at radius 3 is 2.83 bits per heavy atom. The van der Waals surface area contributed by atoms with E-state index in [4.69, 9.17) is 4.74 Å². The first-order valence-electron chi connectivity index (χ1n) is 7.28. The molecule has 1 unspecified atom stereocenters. The van der Waals surface area contributed by atoms with Gasteiger partial charge in [0.25, 0.3) is 0 Å². The van der Waals surface area contributed by atoms with Crippen molar-refractivity contribution in [1.29, 1.82) is 0 Å². The maximum Gasteiger partial charge on any atom is 0.0661 e. The summed E-state index contributed by atoms with van der Waals surface area (Å²) < 4.78 is 5.71. The standard InChI is InChI=1S/C16H25NO/c1-3-10-18-12-16(17-4-2)15-9-8-13-6-5-7-14(13)11-15/h8-9,11,16-17H,3-7,10,12H2,1-2H3. The average molecular weight is 247 g/mol. The van der Waals surface area contributed by atoms with Crippen molar-refractivity contribution in [2.45, 2.75) is 45.6 Å². The third-order valence-corrected chi connectivity index (χ3v) is 3.61. The summed E-state index contributed by atoms with van der Waals surface area (Å²) in [5, 5.41) is 3.52. The molecule has 1 aromatic rings. The molecule has 2 nitrogen and oxygen atoms in total. The minimum Gasteiger partial charge on any atom is -0.379 e. The van der Waals surface area contributed by atoms with Crippen LogP contribution in [0.1, 0.15) is 49.4 Å². The molecule has 0 spiro atoms. The van der Waals surface area contributed by atoms with Crippen molar-refractivity contribution in [3.8, 4) is 0 Å². The third-order valence-electron chi connectivity index (χ3n) is 3.61. The summed E-state index contributed by atoms with van der Waals surface area (Å²) in [6, 6.07) is 7.30. The molecule has 0 heterocycles. The van der Waals surface area contributed by atoms with Crippen LogP contribution in [-0.2, 0) is 17.6 Å². The van der Waals surface area contributed by atoms with Gasteiger partial charge in [0.2, 0.25) is 0 Å². The molecule has 0 amide bonds.